The number of imidazole rings is 1. The molecule has 0 radical (unpaired) electrons. The second kappa shape index (κ2) is 6.04. The van der Waals surface area contributed by atoms with Gasteiger partial charge in [-0.1, -0.05) is 24.2 Å². The number of nitrogens with zero attached hydrogens (tertiary/aromatic N) is 3. The summed E-state index contributed by atoms with van der Waals surface area (Å²) in [6, 6.07) is 7.52. The van der Waals surface area contributed by atoms with E-state index in [-0.39, 0.29) is 0 Å². The fourth-order valence-corrected chi connectivity index (χ4v) is 1.98. The molecule has 19 heavy (non-hydrogen) atoms. The molecule has 0 atom stereocenters. The first kappa shape index (κ1) is 13.1. The molecule has 5 nitrogen and oxygen atoms in total. The van der Waals surface area contributed by atoms with Gasteiger partial charge >= 0.3 is 0 Å². The van der Waals surface area contributed by atoms with Gasteiger partial charge in [0, 0.05) is 31.0 Å². The third kappa shape index (κ3) is 3.13. The number of aromatic nitrogens is 2. The maximum Gasteiger partial charge on any atom is 0.158 e. The number of anilines is 1. The summed E-state index contributed by atoms with van der Waals surface area (Å²) in [5.74, 6) is 0.709. The van der Waals surface area contributed by atoms with E-state index in [0.29, 0.717) is 18.0 Å². The minimum absolute atomic E-state index is 0.525. The summed E-state index contributed by atoms with van der Waals surface area (Å²) in [5, 5.41) is 12.6. The summed E-state index contributed by atoms with van der Waals surface area (Å²) in [6.45, 7) is 2.95. The lowest BCUT2D eigenvalue weighted by atomic mass is 10.1. The largest absolute Gasteiger partial charge is 0.411 e. The fourth-order valence-electron chi connectivity index (χ4n) is 1.98. The third-order valence-electron chi connectivity index (χ3n) is 2.91. The van der Waals surface area contributed by atoms with Crippen LogP contribution >= 0.6 is 0 Å². The maximum absolute atomic E-state index is 9.22. The van der Waals surface area contributed by atoms with Crippen molar-refractivity contribution in [2.24, 2.45) is 5.16 Å². The quantitative estimate of drug-likeness (QED) is 0.374. The summed E-state index contributed by atoms with van der Waals surface area (Å²) >= 11 is 0. The minimum atomic E-state index is 0.525. The zero-order valence-corrected chi connectivity index (χ0v) is 11.0. The lowest BCUT2D eigenvalue weighted by Crippen LogP contribution is -2.13. The molecule has 0 spiro atoms. The Bertz CT molecular complexity index is 557. The molecule has 0 aliphatic carbocycles. The number of hydrogen-bond donors (Lipinski definition) is 2. The molecule has 3 N–H and O–H groups in total. The first-order valence-electron chi connectivity index (χ1n) is 6.31. The molecule has 1 aromatic heterocycles. The van der Waals surface area contributed by atoms with Gasteiger partial charge in [0.25, 0.3) is 0 Å². The van der Waals surface area contributed by atoms with Crippen LogP contribution in [0, 0.1) is 0 Å². The second-order valence-electron chi connectivity index (χ2n) is 4.41. The summed E-state index contributed by atoms with van der Waals surface area (Å²) in [4.78, 5) is 4.27. The van der Waals surface area contributed by atoms with Crippen molar-refractivity contribution in [3.63, 3.8) is 0 Å². The number of rotatable bonds is 5. The van der Waals surface area contributed by atoms with E-state index in [9.17, 15) is 5.21 Å². The molecule has 1 aromatic carbocycles. The lowest BCUT2D eigenvalue weighted by Gasteiger charge is -2.08. The Kier molecular flexibility index (Phi) is 4.18. The number of aryl methyl sites for hydroxylation is 1. The van der Waals surface area contributed by atoms with Crippen LogP contribution in [0.4, 0.5) is 5.69 Å². The second-order valence-corrected chi connectivity index (χ2v) is 4.41. The Morgan fingerprint density at radius 3 is 2.74 bits per heavy atom. The SMILES string of the molecule is CCCn1ccnc1/C(Cc1ccc(N)cc1)=N/O. The van der Waals surface area contributed by atoms with Gasteiger partial charge in [-0.25, -0.2) is 4.98 Å². The zero-order valence-electron chi connectivity index (χ0n) is 11.0. The molecule has 0 saturated carbocycles. The van der Waals surface area contributed by atoms with E-state index in [4.69, 9.17) is 5.73 Å². The maximum atomic E-state index is 9.22. The molecule has 100 valence electrons. The Hall–Kier alpha value is -2.30. The van der Waals surface area contributed by atoms with Crippen LogP contribution in [0.3, 0.4) is 0 Å². The highest BCUT2D eigenvalue weighted by molar-refractivity contribution is 5.98. The molecule has 0 unspecified atom stereocenters. The molecule has 0 aliphatic rings. The van der Waals surface area contributed by atoms with Gasteiger partial charge in [-0.2, -0.15) is 0 Å². The number of nitrogen functional groups attached to an aromatic ring is 1. The first-order valence-corrected chi connectivity index (χ1v) is 6.31. The van der Waals surface area contributed by atoms with Crippen molar-refractivity contribution in [2.45, 2.75) is 26.3 Å². The van der Waals surface area contributed by atoms with Crippen LogP contribution in [0.15, 0.2) is 41.8 Å². The van der Waals surface area contributed by atoms with Crippen molar-refractivity contribution in [3.8, 4) is 0 Å². The molecule has 0 fully saturated rings. The van der Waals surface area contributed by atoms with E-state index in [1.54, 1.807) is 6.20 Å². The monoisotopic (exact) mass is 258 g/mol. The van der Waals surface area contributed by atoms with Crippen LogP contribution < -0.4 is 5.73 Å². The normalized spacial score (nSPS) is 11.7. The van der Waals surface area contributed by atoms with Crippen molar-refractivity contribution in [1.82, 2.24) is 9.55 Å². The number of benzene rings is 1. The van der Waals surface area contributed by atoms with E-state index >= 15 is 0 Å². The summed E-state index contributed by atoms with van der Waals surface area (Å²) in [5.41, 5.74) is 7.97. The average molecular weight is 258 g/mol. The van der Waals surface area contributed by atoms with Crippen LogP contribution in [-0.4, -0.2) is 20.5 Å². The van der Waals surface area contributed by atoms with E-state index in [1.165, 1.54) is 0 Å². The molecule has 0 aliphatic heterocycles. The Balaban J connectivity index is 2.21. The number of oxime groups is 1. The molecule has 2 rings (SSSR count). The van der Waals surface area contributed by atoms with Gasteiger partial charge in [-0.3, -0.25) is 0 Å². The Labute approximate surface area is 112 Å². The molecule has 2 aromatic rings. The van der Waals surface area contributed by atoms with E-state index in [1.807, 2.05) is 35.0 Å². The number of nitrogens with two attached hydrogens (primary N) is 1. The first-order chi connectivity index (χ1) is 9.24. The van der Waals surface area contributed by atoms with Gasteiger partial charge < -0.3 is 15.5 Å². The molecule has 0 saturated heterocycles. The predicted molar refractivity (Wildman–Crippen MR) is 75.4 cm³/mol. The smallest absolute Gasteiger partial charge is 0.158 e. The van der Waals surface area contributed by atoms with Crippen molar-refractivity contribution in [3.05, 3.63) is 48.0 Å². The molecule has 0 bridgehead atoms. The molecular weight excluding hydrogens is 240 g/mol. The highest BCUT2D eigenvalue weighted by Crippen LogP contribution is 2.10. The Morgan fingerprint density at radius 1 is 1.37 bits per heavy atom. The van der Waals surface area contributed by atoms with Crippen molar-refractivity contribution in [1.29, 1.82) is 0 Å². The van der Waals surface area contributed by atoms with Crippen molar-refractivity contribution < 1.29 is 5.21 Å². The van der Waals surface area contributed by atoms with Gasteiger partial charge in [0.2, 0.25) is 0 Å². The topological polar surface area (TPSA) is 76.4 Å². The van der Waals surface area contributed by atoms with Crippen LogP contribution in [-0.2, 0) is 13.0 Å². The van der Waals surface area contributed by atoms with E-state index < -0.39 is 0 Å². The molecule has 5 heteroatoms. The van der Waals surface area contributed by atoms with Gasteiger partial charge in [0.05, 0.1) is 0 Å². The third-order valence-corrected chi connectivity index (χ3v) is 2.91. The number of hydrogen-bond acceptors (Lipinski definition) is 4. The van der Waals surface area contributed by atoms with Crippen molar-refractivity contribution in [2.75, 3.05) is 5.73 Å². The molecule has 1 heterocycles. The van der Waals surface area contributed by atoms with Crippen LogP contribution in [0.25, 0.3) is 0 Å². The summed E-state index contributed by atoms with van der Waals surface area (Å²) < 4.78 is 1.99. The Morgan fingerprint density at radius 2 is 2.11 bits per heavy atom. The lowest BCUT2D eigenvalue weighted by molar-refractivity contribution is 0.317. The highest BCUT2D eigenvalue weighted by atomic mass is 16.4. The zero-order chi connectivity index (χ0) is 13.7. The molecule has 0 amide bonds. The van der Waals surface area contributed by atoms with Crippen LogP contribution in [0.5, 0.6) is 0 Å². The van der Waals surface area contributed by atoms with Gasteiger partial charge in [0.1, 0.15) is 5.71 Å². The van der Waals surface area contributed by atoms with E-state index in [0.717, 1.165) is 24.2 Å². The van der Waals surface area contributed by atoms with Gasteiger partial charge in [-0.05, 0) is 24.1 Å². The molecular formula is C14H18N4O. The average Bonchev–Trinajstić information content (AvgIpc) is 2.87. The van der Waals surface area contributed by atoms with Gasteiger partial charge in [-0.15, -0.1) is 0 Å². The van der Waals surface area contributed by atoms with Crippen molar-refractivity contribution >= 4 is 11.4 Å². The van der Waals surface area contributed by atoms with Crippen LogP contribution in [0.1, 0.15) is 24.7 Å². The summed E-state index contributed by atoms with van der Waals surface area (Å²) in [6.07, 6.45) is 5.15. The van der Waals surface area contributed by atoms with E-state index in [2.05, 4.69) is 17.1 Å². The fraction of sp³-hybridized carbons (Fsp3) is 0.286. The minimum Gasteiger partial charge on any atom is -0.411 e. The predicted octanol–water partition coefficient (Wildman–Crippen LogP) is 2.30. The summed E-state index contributed by atoms with van der Waals surface area (Å²) in [7, 11) is 0. The highest BCUT2D eigenvalue weighted by Gasteiger charge is 2.12. The van der Waals surface area contributed by atoms with Crippen LogP contribution in [0.2, 0.25) is 0 Å². The van der Waals surface area contributed by atoms with Gasteiger partial charge in [0.15, 0.2) is 5.82 Å². The standard InChI is InChI=1S/C14H18N4O/c1-2-8-18-9-7-16-14(18)13(17-19)10-11-3-5-12(15)6-4-11/h3-7,9,19H,2,8,10,15H2,1H3/b17-13+.